The number of aromatic nitrogens is 4. The highest BCUT2D eigenvalue weighted by molar-refractivity contribution is 5.76. The average Bonchev–Trinajstić information content (AvgIpc) is 2.55. The molecule has 1 aromatic rings. The summed E-state index contributed by atoms with van der Waals surface area (Å²) in [6, 6.07) is 0. The van der Waals surface area contributed by atoms with Crippen molar-refractivity contribution in [2.45, 2.75) is 32.7 Å². The number of hydrogen-bond donors (Lipinski definition) is 2. The molecule has 0 fully saturated rings. The molecule has 0 bridgehead atoms. The molecule has 72 valence electrons. The van der Waals surface area contributed by atoms with Crippen LogP contribution in [0.1, 0.15) is 33.0 Å². The predicted octanol–water partition coefficient (Wildman–Crippen LogP) is -0.0390. The van der Waals surface area contributed by atoms with E-state index in [-0.39, 0.29) is 5.91 Å². The lowest BCUT2D eigenvalue weighted by Gasteiger charge is -2.21. The van der Waals surface area contributed by atoms with Gasteiger partial charge in [-0.15, -0.1) is 10.2 Å². The topological polar surface area (TPSA) is 83.6 Å². The molecule has 0 unspecified atom stereocenters. The quantitative estimate of drug-likeness (QED) is 0.688. The normalized spacial score (nSPS) is 11.3. The average molecular weight is 183 g/mol. The van der Waals surface area contributed by atoms with Crippen LogP contribution < -0.4 is 5.32 Å². The summed E-state index contributed by atoms with van der Waals surface area (Å²) in [7, 11) is 0. The summed E-state index contributed by atoms with van der Waals surface area (Å²) in [5, 5.41) is 16.2. The number of H-pyrrole nitrogens is 1. The third-order valence-electron chi connectivity index (χ3n) is 1.68. The molecule has 1 heterocycles. The molecule has 0 saturated heterocycles. The van der Waals surface area contributed by atoms with Crippen LogP contribution >= 0.6 is 0 Å². The Balaban J connectivity index is 2.72. The van der Waals surface area contributed by atoms with Crippen LogP contribution in [-0.4, -0.2) is 26.5 Å². The molecule has 0 aliphatic carbocycles. The minimum Gasteiger partial charge on any atom is -0.344 e. The molecular weight excluding hydrogens is 170 g/mol. The summed E-state index contributed by atoms with van der Waals surface area (Å²) in [4.78, 5) is 11.1. The summed E-state index contributed by atoms with van der Waals surface area (Å²) < 4.78 is 0. The van der Waals surface area contributed by atoms with E-state index >= 15 is 0 Å². The highest BCUT2D eigenvalue weighted by atomic mass is 16.1. The lowest BCUT2D eigenvalue weighted by molar-refractivity contribution is -0.122. The maximum Gasteiger partial charge on any atom is 0.220 e. The van der Waals surface area contributed by atoms with Crippen LogP contribution in [-0.2, 0) is 10.3 Å². The van der Waals surface area contributed by atoms with Crippen molar-refractivity contribution in [2.24, 2.45) is 0 Å². The third kappa shape index (κ3) is 2.24. The van der Waals surface area contributed by atoms with E-state index < -0.39 is 5.54 Å². The second kappa shape index (κ2) is 3.51. The van der Waals surface area contributed by atoms with Crippen molar-refractivity contribution in [3.8, 4) is 0 Å². The Kier molecular flexibility index (Phi) is 2.60. The highest BCUT2D eigenvalue weighted by Crippen LogP contribution is 2.13. The van der Waals surface area contributed by atoms with Crippen molar-refractivity contribution in [3.05, 3.63) is 5.82 Å². The summed E-state index contributed by atoms with van der Waals surface area (Å²) >= 11 is 0. The Hall–Kier alpha value is -1.46. The molecule has 0 saturated carbocycles. The smallest absolute Gasteiger partial charge is 0.220 e. The number of carbonyl (C=O) groups excluding carboxylic acids is 1. The van der Waals surface area contributed by atoms with Crippen LogP contribution in [0.15, 0.2) is 0 Å². The Bertz CT molecular complexity index is 279. The number of rotatable bonds is 3. The summed E-state index contributed by atoms with van der Waals surface area (Å²) in [5.41, 5.74) is -0.569. The van der Waals surface area contributed by atoms with Gasteiger partial charge in [0.25, 0.3) is 0 Å². The number of nitrogens with zero attached hydrogens (tertiary/aromatic N) is 3. The molecular formula is C7H13N5O. The summed E-state index contributed by atoms with van der Waals surface area (Å²) in [6.07, 6.45) is 0.446. The van der Waals surface area contributed by atoms with Crippen molar-refractivity contribution in [1.82, 2.24) is 25.9 Å². The molecule has 0 aliphatic heterocycles. The van der Waals surface area contributed by atoms with Gasteiger partial charge in [0.2, 0.25) is 5.91 Å². The zero-order chi connectivity index (χ0) is 9.90. The summed E-state index contributed by atoms with van der Waals surface area (Å²) in [5.74, 6) is 0.448. The van der Waals surface area contributed by atoms with Gasteiger partial charge in [-0.05, 0) is 13.8 Å². The van der Waals surface area contributed by atoms with E-state index in [0.29, 0.717) is 12.2 Å². The Morgan fingerprint density at radius 2 is 2.31 bits per heavy atom. The Labute approximate surface area is 76.1 Å². The number of amides is 1. The van der Waals surface area contributed by atoms with Gasteiger partial charge in [-0.2, -0.15) is 5.21 Å². The first-order valence-corrected chi connectivity index (χ1v) is 4.11. The molecule has 0 radical (unpaired) electrons. The first kappa shape index (κ1) is 9.63. The maximum atomic E-state index is 11.1. The molecule has 2 N–H and O–H groups in total. The first-order valence-electron chi connectivity index (χ1n) is 4.11. The van der Waals surface area contributed by atoms with Gasteiger partial charge in [-0.1, -0.05) is 12.1 Å². The van der Waals surface area contributed by atoms with Crippen LogP contribution in [0.2, 0.25) is 0 Å². The maximum absolute atomic E-state index is 11.1. The van der Waals surface area contributed by atoms with Gasteiger partial charge >= 0.3 is 0 Å². The SMILES string of the molecule is CCC(=O)NC(C)(C)c1nn[nH]n1. The van der Waals surface area contributed by atoms with Crippen molar-refractivity contribution in [2.75, 3.05) is 0 Å². The fourth-order valence-electron chi connectivity index (χ4n) is 0.919. The van der Waals surface area contributed by atoms with E-state index in [0.717, 1.165) is 0 Å². The second-order valence-corrected chi connectivity index (χ2v) is 3.26. The first-order chi connectivity index (χ1) is 6.06. The largest absolute Gasteiger partial charge is 0.344 e. The second-order valence-electron chi connectivity index (χ2n) is 3.26. The van der Waals surface area contributed by atoms with Crippen molar-refractivity contribution in [1.29, 1.82) is 0 Å². The van der Waals surface area contributed by atoms with Crippen LogP contribution in [0.4, 0.5) is 0 Å². The monoisotopic (exact) mass is 183 g/mol. The molecule has 0 aliphatic rings. The Morgan fingerprint density at radius 1 is 1.62 bits per heavy atom. The van der Waals surface area contributed by atoms with E-state index in [1.807, 2.05) is 13.8 Å². The lowest BCUT2D eigenvalue weighted by Crippen LogP contribution is -2.41. The molecule has 1 rings (SSSR count). The molecule has 0 atom stereocenters. The Morgan fingerprint density at radius 3 is 2.77 bits per heavy atom. The van der Waals surface area contributed by atoms with Crippen LogP contribution in [0.5, 0.6) is 0 Å². The van der Waals surface area contributed by atoms with E-state index in [4.69, 9.17) is 0 Å². The number of aromatic amines is 1. The predicted molar refractivity (Wildman–Crippen MR) is 45.6 cm³/mol. The zero-order valence-corrected chi connectivity index (χ0v) is 7.96. The van der Waals surface area contributed by atoms with Gasteiger partial charge in [-0.25, -0.2) is 0 Å². The molecule has 1 aromatic heterocycles. The summed E-state index contributed by atoms with van der Waals surface area (Å²) in [6.45, 7) is 5.44. The van der Waals surface area contributed by atoms with Crippen molar-refractivity contribution < 1.29 is 4.79 Å². The van der Waals surface area contributed by atoms with Gasteiger partial charge < -0.3 is 5.32 Å². The number of nitrogens with one attached hydrogen (secondary N) is 2. The molecule has 6 heteroatoms. The van der Waals surface area contributed by atoms with Gasteiger partial charge in [0.15, 0.2) is 5.82 Å². The third-order valence-corrected chi connectivity index (χ3v) is 1.68. The van der Waals surface area contributed by atoms with Crippen LogP contribution in [0, 0.1) is 0 Å². The minimum atomic E-state index is -0.569. The highest BCUT2D eigenvalue weighted by Gasteiger charge is 2.26. The van der Waals surface area contributed by atoms with Crippen molar-refractivity contribution in [3.63, 3.8) is 0 Å². The van der Waals surface area contributed by atoms with Crippen LogP contribution in [0.25, 0.3) is 0 Å². The van der Waals surface area contributed by atoms with E-state index in [2.05, 4.69) is 25.9 Å². The minimum absolute atomic E-state index is 0.0326. The van der Waals surface area contributed by atoms with Crippen molar-refractivity contribution >= 4 is 5.91 Å². The fourth-order valence-corrected chi connectivity index (χ4v) is 0.919. The van der Waals surface area contributed by atoms with Gasteiger partial charge in [0.1, 0.15) is 0 Å². The van der Waals surface area contributed by atoms with E-state index in [1.54, 1.807) is 6.92 Å². The van der Waals surface area contributed by atoms with Gasteiger partial charge in [-0.3, -0.25) is 4.79 Å². The molecule has 0 aromatic carbocycles. The molecule has 6 nitrogen and oxygen atoms in total. The van der Waals surface area contributed by atoms with Crippen LogP contribution in [0.3, 0.4) is 0 Å². The lowest BCUT2D eigenvalue weighted by atomic mass is 10.1. The van der Waals surface area contributed by atoms with E-state index in [9.17, 15) is 4.79 Å². The molecule has 13 heavy (non-hydrogen) atoms. The fraction of sp³-hybridized carbons (Fsp3) is 0.714. The number of tetrazole rings is 1. The van der Waals surface area contributed by atoms with Gasteiger partial charge in [0, 0.05) is 6.42 Å². The molecule has 0 spiro atoms. The standard InChI is InChI=1S/C7H13N5O/c1-4-5(13)8-7(2,3)6-9-11-12-10-6/h4H2,1-3H3,(H,8,13)(H,9,10,11,12). The van der Waals surface area contributed by atoms with Gasteiger partial charge in [0.05, 0.1) is 5.54 Å². The number of carbonyl (C=O) groups is 1. The molecule has 1 amide bonds. The number of hydrogen-bond acceptors (Lipinski definition) is 4. The zero-order valence-electron chi connectivity index (χ0n) is 7.96. The van der Waals surface area contributed by atoms with E-state index in [1.165, 1.54) is 0 Å².